The number of benzene rings is 1. The topological polar surface area (TPSA) is 21.3 Å². The Kier molecular flexibility index (Phi) is 5.92. The minimum atomic E-state index is 0.127. The van der Waals surface area contributed by atoms with E-state index in [1.807, 2.05) is 12.1 Å². The highest BCUT2D eigenvalue weighted by Gasteiger charge is 2.18. The van der Waals surface area contributed by atoms with Gasteiger partial charge in [-0.05, 0) is 67.5 Å². The fourth-order valence-electron chi connectivity index (χ4n) is 1.54. The molecule has 1 aromatic carbocycles. The van der Waals surface area contributed by atoms with E-state index in [0.29, 0.717) is 5.92 Å². The lowest BCUT2D eigenvalue weighted by atomic mass is 10.0. The van der Waals surface area contributed by atoms with Gasteiger partial charge in [0.05, 0.1) is 0 Å². The molecule has 2 nitrogen and oxygen atoms in total. The van der Waals surface area contributed by atoms with Crippen molar-refractivity contribution in [3.8, 4) is 5.75 Å². The maximum Gasteiger partial charge on any atom is 0.120 e. The number of halogens is 1. The van der Waals surface area contributed by atoms with Crippen LogP contribution in [0.4, 0.5) is 0 Å². The Labute approximate surface area is 125 Å². The van der Waals surface area contributed by atoms with E-state index in [0.717, 1.165) is 12.3 Å². The van der Waals surface area contributed by atoms with Gasteiger partial charge < -0.3 is 10.1 Å². The van der Waals surface area contributed by atoms with E-state index in [9.17, 15) is 0 Å². The summed E-state index contributed by atoms with van der Waals surface area (Å²) in [6.07, 6.45) is 0.197. The predicted octanol–water partition coefficient (Wildman–Crippen LogP) is 4.08. The molecule has 102 valence electrons. The van der Waals surface area contributed by atoms with Crippen LogP contribution in [0.2, 0.25) is 0 Å². The van der Waals surface area contributed by atoms with Crippen molar-refractivity contribution in [3.63, 3.8) is 0 Å². The SMILES string of the molecule is CC(C)C(CNC(C)(C)C)Oc1cccc(I)c1. The molecule has 0 aliphatic carbocycles. The van der Waals surface area contributed by atoms with E-state index in [2.05, 4.69) is 74.7 Å². The van der Waals surface area contributed by atoms with Crippen LogP contribution < -0.4 is 10.1 Å². The number of rotatable bonds is 5. The molecule has 0 aliphatic heterocycles. The molecule has 1 N–H and O–H groups in total. The first-order chi connectivity index (χ1) is 8.28. The molecule has 0 heterocycles. The van der Waals surface area contributed by atoms with E-state index in [-0.39, 0.29) is 11.6 Å². The van der Waals surface area contributed by atoms with Crippen LogP contribution in [-0.4, -0.2) is 18.2 Å². The van der Waals surface area contributed by atoms with Crippen molar-refractivity contribution in [1.82, 2.24) is 5.32 Å². The highest BCUT2D eigenvalue weighted by molar-refractivity contribution is 14.1. The second kappa shape index (κ2) is 6.75. The lowest BCUT2D eigenvalue weighted by molar-refractivity contribution is 0.139. The summed E-state index contributed by atoms with van der Waals surface area (Å²) in [5.74, 6) is 1.44. The van der Waals surface area contributed by atoms with Crippen LogP contribution in [0.1, 0.15) is 34.6 Å². The minimum absolute atomic E-state index is 0.127. The van der Waals surface area contributed by atoms with Gasteiger partial charge in [0.25, 0.3) is 0 Å². The molecule has 1 atom stereocenters. The van der Waals surface area contributed by atoms with Gasteiger partial charge in [0.1, 0.15) is 11.9 Å². The first-order valence-electron chi connectivity index (χ1n) is 6.45. The number of hydrogen-bond donors (Lipinski definition) is 1. The maximum atomic E-state index is 6.08. The molecular formula is C15H24INO. The van der Waals surface area contributed by atoms with Crippen LogP contribution in [-0.2, 0) is 0 Å². The molecule has 18 heavy (non-hydrogen) atoms. The van der Waals surface area contributed by atoms with Gasteiger partial charge in [-0.15, -0.1) is 0 Å². The van der Waals surface area contributed by atoms with E-state index in [4.69, 9.17) is 4.74 Å². The molecule has 1 unspecified atom stereocenters. The van der Waals surface area contributed by atoms with E-state index in [1.54, 1.807) is 0 Å². The molecule has 3 heteroatoms. The van der Waals surface area contributed by atoms with Crippen molar-refractivity contribution in [1.29, 1.82) is 0 Å². The Balaban J connectivity index is 2.63. The zero-order valence-electron chi connectivity index (χ0n) is 12.0. The van der Waals surface area contributed by atoms with Crippen LogP contribution in [0, 0.1) is 9.49 Å². The maximum absolute atomic E-state index is 6.08. The molecule has 0 amide bonds. The van der Waals surface area contributed by atoms with Crippen LogP contribution in [0.5, 0.6) is 5.75 Å². The summed E-state index contributed by atoms with van der Waals surface area (Å²) < 4.78 is 7.29. The van der Waals surface area contributed by atoms with Crippen molar-refractivity contribution in [2.45, 2.75) is 46.3 Å². The van der Waals surface area contributed by atoms with Crippen LogP contribution in [0.3, 0.4) is 0 Å². The number of ether oxygens (including phenoxy) is 1. The monoisotopic (exact) mass is 361 g/mol. The molecule has 0 bridgehead atoms. The average Bonchev–Trinajstić information content (AvgIpc) is 2.22. The molecule has 0 spiro atoms. The highest BCUT2D eigenvalue weighted by Crippen LogP contribution is 2.19. The van der Waals surface area contributed by atoms with Gasteiger partial charge in [-0.1, -0.05) is 19.9 Å². The smallest absolute Gasteiger partial charge is 0.120 e. The van der Waals surface area contributed by atoms with E-state index in [1.165, 1.54) is 3.57 Å². The summed E-state index contributed by atoms with van der Waals surface area (Å²) in [6.45, 7) is 11.8. The molecular weight excluding hydrogens is 337 g/mol. The standard InChI is InChI=1S/C15H24INO/c1-11(2)14(10-17-15(3,4)5)18-13-8-6-7-12(16)9-13/h6-9,11,14,17H,10H2,1-5H3. The van der Waals surface area contributed by atoms with Crippen LogP contribution in [0.15, 0.2) is 24.3 Å². The predicted molar refractivity (Wildman–Crippen MR) is 86.2 cm³/mol. The Hall–Kier alpha value is -0.290. The van der Waals surface area contributed by atoms with Crippen LogP contribution in [0.25, 0.3) is 0 Å². The van der Waals surface area contributed by atoms with Gasteiger partial charge in [0, 0.05) is 15.7 Å². The summed E-state index contributed by atoms with van der Waals surface area (Å²) in [7, 11) is 0. The molecule has 1 aromatic rings. The van der Waals surface area contributed by atoms with Crippen molar-refractivity contribution in [2.24, 2.45) is 5.92 Å². The van der Waals surface area contributed by atoms with Gasteiger partial charge >= 0.3 is 0 Å². The third-order valence-electron chi connectivity index (χ3n) is 2.66. The first-order valence-corrected chi connectivity index (χ1v) is 7.53. The Morgan fingerprint density at radius 3 is 2.44 bits per heavy atom. The summed E-state index contributed by atoms with van der Waals surface area (Å²) in [6, 6.07) is 8.21. The summed E-state index contributed by atoms with van der Waals surface area (Å²) in [5.41, 5.74) is 0.127. The van der Waals surface area contributed by atoms with Gasteiger partial charge in [-0.3, -0.25) is 0 Å². The minimum Gasteiger partial charge on any atom is -0.489 e. The molecule has 0 saturated heterocycles. The molecule has 0 aromatic heterocycles. The molecule has 0 aliphatic rings. The van der Waals surface area contributed by atoms with E-state index >= 15 is 0 Å². The fourth-order valence-corrected chi connectivity index (χ4v) is 2.05. The molecule has 1 rings (SSSR count). The molecule has 0 radical (unpaired) electrons. The Morgan fingerprint density at radius 2 is 1.94 bits per heavy atom. The Morgan fingerprint density at radius 1 is 1.28 bits per heavy atom. The van der Waals surface area contributed by atoms with Crippen LogP contribution >= 0.6 is 22.6 Å². The van der Waals surface area contributed by atoms with Gasteiger partial charge in [0.15, 0.2) is 0 Å². The average molecular weight is 361 g/mol. The second-order valence-corrected chi connectivity index (χ2v) is 7.23. The summed E-state index contributed by atoms with van der Waals surface area (Å²) in [4.78, 5) is 0. The van der Waals surface area contributed by atoms with Crippen molar-refractivity contribution in [3.05, 3.63) is 27.8 Å². The Bertz CT molecular complexity index is 371. The lowest BCUT2D eigenvalue weighted by Gasteiger charge is -2.28. The van der Waals surface area contributed by atoms with Gasteiger partial charge in [-0.25, -0.2) is 0 Å². The fraction of sp³-hybridized carbons (Fsp3) is 0.600. The van der Waals surface area contributed by atoms with Crippen molar-refractivity contribution in [2.75, 3.05) is 6.54 Å². The quantitative estimate of drug-likeness (QED) is 0.798. The first kappa shape index (κ1) is 15.8. The third-order valence-corrected chi connectivity index (χ3v) is 3.33. The zero-order chi connectivity index (χ0) is 13.8. The second-order valence-electron chi connectivity index (χ2n) is 5.99. The van der Waals surface area contributed by atoms with Gasteiger partial charge in [0.2, 0.25) is 0 Å². The zero-order valence-corrected chi connectivity index (χ0v) is 14.1. The summed E-state index contributed by atoms with van der Waals surface area (Å²) >= 11 is 2.31. The van der Waals surface area contributed by atoms with Crippen molar-refractivity contribution >= 4 is 22.6 Å². The van der Waals surface area contributed by atoms with E-state index < -0.39 is 0 Å². The van der Waals surface area contributed by atoms with Gasteiger partial charge in [-0.2, -0.15) is 0 Å². The normalized spacial score (nSPS) is 13.7. The highest BCUT2D eigenvalue weighted by atomic mass is 127. The largest absolute Gasteiger partial charge is 0.489 e. The number of hydrogen-bond acceptors (Lipinski definition) is 2. The van der Waals surface area contributed by atoms with Crippen molar-refractivity contribution < 1.29 is 4.74 Å². The third kappa shape index (κ3) is 6.05. The molecule has 0 fully saturated rings. The lowest BCUT2D eigenvalue weighted by Crippen LogP contribution is -2.44. The summed E-state index contributed by atoms with van der Waals surface area (Å²) in [5, 5.41) is 3.51. The molecule has 0 saturated carbocycles. The number of nitrogens with one attached hydrogen (secondary N) is 1.